The summed E-state index contributed by atoms with van der Waals surface area (Å²) in [4.78, 5) is 10.1. The molecule has 70 valence electrons. The van der Waals surface area contributed by atoms with Crippen LogP contribution >= 0.6 is 0 Å². The van der Waals surface area contributed by atoms with Gasteiger partial charge in [0.25, 0.3) is 6.47 Å². The molecule has 0 aliphatic heterocycles. The smallest absolute Gasteiger partial charge is 0.293 e. The molecule has 1 aliphatic carbocycles. The summed E-state index contributed by atoms with van der Waals surface area (Å²) < 4.78 is 4.93. The van der Waals surface area contributed by atoms with Crippen LogP contribution in [0.3, 0.4) is 0 Å². The molecule has 0 atom stereocenters. The minimum Gasteiger partial charge on any atom is -0.465 e. The van der Waals surface area contributed by atoms with Gasteiger partial charge in [-0.1, -0.05) is 13.8 Å². The molecule has 0 N–H and O–H groups in total. The highest BCUT2D eigenvalue weighted by atomic mass is 16.5. The van der Waals surface area contributed by atoms with Crippen molar-refractivity contribution in [1.82, 2.24) is 0 Å². The van der Waals surface area contributed by atoms with Crippen LogP contribution in [-0.4, -0.2) is 12.6 Å². The highest BCUT2D eigenvalue weighted by Crippen LogP contribution is 2.30. The van der Waals surface area contributed by atoms with Crippen molar-refractivity contribution in [1.29, 1.82) is 0 Å². The predicted octanol–water partition coefficient (Wildman–Crippen LogP) is 2.37. The average molecular weight is 170 g/mol. The second kappa shape index (κ2) is 4.48. The Hall–Kier alpha value is -0.530. The van der Waals surface area contributed by atoms with Crippen LogP contribution in [0, 0.1) is 11.8 Å². The quantitative estimate of drug-likeness (QED) is 0.608. The van der Waals surface area contributed by atoms with Crippen molar-refractivity contribution in [3.8, 4) is 0 Å². The van der Waals surface area contributed by atoms with Gasteiger partial charge >= 0.3 is 0 Å². The van der Waals surface area contributed by atoms with Crippen molar-refractivity contribution in [3.05, 3.63) is 0 Å². The molecule has 0 radical (unpaired) electrons. The van der Waals surface area contributed by atoms with E-state index in [0.29, 0.717) is 6.47 Å². The number of rotatable bonds is 3. The Morgan fingerprint density at radius 2 is 1.83 bits per heavy atom. The molecule has 0 spiro atoms. The Balaban J connectivity index is 2.24. The van der Waals surface area contributed by atoms with Crippen LogP contribution in [0.1, 0.15) is 39.5 Å². The van der Waals surface area contributed by atoms with Gasteiger partial charge in [0.2, 0.25) is 0 Å². The summed E-state index contributed by atoms with van der Waals surface area (Å²) in [6.45, 7) is 5.12. The molecule has 1 aliphatic rings. The molecule has 2 heteroatoms. The van der Waals surface area contributed by atoms with Crippen molar-refractivity contribution < 1.29 is 9.53 Å². The lowest BCUT2D eigenvalue weighted by Crippen LogP contribution is -2.23. The summed E-state index contributed by atoms with van der Waals surface area (Å²) in [5, 5.41) is 0. The number of carbonyl (C=O) groups excluding carboxylic acids is 1. The molecule has 1 rings (SSSR count). The lowest BCUT2D eigenvalue weighted by atomic mass is 9.80. The molecular weight excluding hydrogens is 152 g/mol. The lowest BCUT2D eigenvalue weighted by molar-refractivity contribution is -0.135. The first-order chi connectivity index (χ1) is 5.74. The van der Waals surface area contributed by atoms with E-state index in [9.17, 15) is 4.79 Å². The minimum atomic E-state index is 0.206. The first kappa shape index (κ1) is 9.56. The fraction of sp³-hybridized carbons (Fsp3) is 0.900. The summed E-state index contributed by atoms with van der Waals surface area (Å²) in [5.74, 6) is 1.62. The van der Waals surface area contributed by atoms with Crippen LogP contribution in [0.15, 0.2) is 0 Å². The third kappa shape index (κ3) is 2.50. The Bertz CT molecular complexity index is 135. The molecule has 0 bridgehead atoms. The number of hydrogen-bond donors (Lipinski definition) is 0. The SMILES string of the molecule is CC(C)C1CCC(OC=O)CC1. The largest absolute Gasteiger partial charge is 0.465 e. The molecule has 0 unspecified atom stereocenters. The summed E-state index contributed by atoms with van der Waals surface area (Å²) in [6.07, 6.45) is 4.76. The normalized spacial score (nSPS) is 30.2. The van der Waals surface area contributed by atoms with E-state index in [1.807, 2.05) is 0 Å². The van der Waals surface area contributed by atoms with E-state index in [0.717, 1.165) is 24.7 Å². The highest BCUT2D eigenvalue weighted by molar-refractivity contribution is 5.37. The molecule has 0 saturated heterocycles. The number of ether oxygens (including phenoxy) is 1. The maximum absolute atomic E-state index is 10.1. The van der Waals surface area contributed by atoms with Crippen LogP contribution in [0.2, 0.25) is 0 Å². The maximum Gasteiger partial charge on any atom is 0.293 e. The number of hydrogen-bond acceptors (Lipinski definition) is 2. The van der Waals surface area contributed by atoms with Gasteiger partial charge in [-0.3, -0.25) is 4.79 Å². The number of carbonyl (C=O) groups is 1. The second-order valence-corrected chi connectivity index (χ2v) is 4.01. The van der Waals surface area contributed by atoms with Gasteiger partial charge in [0, 0.05) is 0 Å². The van der Waals surface area contributed by atoms with Crippen LogP contribution in [0.4, 0.5) is 0 Å². The second-order valence-electron chi connectivity index (χ2n) is 4.01. The van der Waals surface area contributed by atoms with Gasteiger partial charge in [0.15, 0.2) is 0 Å². The lowest BCUT2D eigenvalue weighted by Gasteiger charge is -2.29. The van der Waals surface area contributed by atoms with E-state index in [2.05, 4.69) is 13.8 Å². The van der Waals surface area contributed by atoms with E-state index in [-0.39, 0.29) is 6.10 Å². The van der Waals surface area contributed by atoms with Gasteiger partial charge in [-0.15, -0.1) is 0 Å². The van der Waals surface area contributed by atoms with Crippen LogP contribution in [0.5, 0.6) is 0 Å². The van der Waals surface area contributed by atoms with E-state index >= 15 is 0 Å². The van der Waals surface area contributed by atoms with Crippen molar-refractivity contribution in [2.24, 2.45) is 11.8 Å². The zero-order valence-electron chi connectivity index (χ0n) is 7.95. The minimum absolute atomic E-state index is 0.206. The zero-order chi connectivity index (χ0) is 8.97. The summed E-state index contributed by atoms with van der Waals surface area (Å²) >= 11 is 0. The maximum atomic E-state index is 10.1. The van der Waals surface area contributed by atoms with E-state index < -0.39 is 0 Å². The van der Waals surface area contributed by atoms with Gasteiger partial charge in [0.1, 0.15) is 6.10 Å². The van der Waals surface area contributed by atoms with Crippen LogP contribution in [-0.2, 0) is 9.53 Å². The summed E-state index contributed by atoms with van der Waals surface area (Å²) in [6, 6.07) is 0. The monoisotopic (exact) mass is 170 g/mol. The molecule has 2 nitrogen and oxygen atoms in total. The van der Waals surface area contributed by atoms with Gasteiger partial charge in [-0.2, -0.15) is 0 Å². The van der Waals surface area contributed by atoms with Gasteiger partial charge < -0.3 is 4.74 Å². The Morgan fingerprint density at radius 3 is 2.25 bits per heavy atom. The molecule has 0 aromatic carbocycles. The third-order valence-electron chi connectivity index (χ3n) is 2.91. The molecular formula is C10H18O2. The van der Waals surface area contributed by atoms with Gasteiger partial charge in [0.05, 0.1) is 0 Å². The van der Waals surface area contributed by atoms with Crippen molar-refractivity contribution in [3.63, 3.8) is 0 Å². The Kier molecular flexibility index (Phi) is 3.57. The van der Waals surface area contributed by atoms with Gasteiger partial charge in [-0.25, -0.2) is 0 Å². The van der Waals surface area contributed by atoms with Gasteiger partial charge in [-0.05, 0) is 37.5 Å². The first-order valence-electron chi connectivity index (χ1n) is 4.83. The molecule has 0 amide bonds. The summed E-state index contributed by atoms with van der Waals surface area (Å²) in [5.41, 5.74) is 0. The predicted molar refractivity (Wildman–Crippen MR) is 47.7 cm³/mol. The van der Waals surface area contributed by atoms with Crippen molar-refractivity contribution >= 4 is 6.47 Å². The van der Waals surface area contributed by atoms with Crippen LogP contribution in [0.25, 0.3) is 0 Å². The standard InChI is InChI=1S/C10H18O2/c1-8(2)9-3-5-10(6-4-9)12-7-11/h7-10H,3-6H2,1-2H3. The first-order valence-corrected chi connectivity index (χ1v) is 4.83. The fourth-order valence-electron chi connectivity index (χ4n) is 1.97. The van der Waals surface area contributed by atoms with E-state index in [4.69, 9.17) is 4.74 Å². The van der Waals surface area contributed by atoms with Crippen LogP contribution < -0.4 is 0 Å². The highest BCUT2D eigenvalue weighted by Gasteiger charge is 2.23. The molecule has 0 aromatic rings. The topological polar surface area (TPSA) is 26.3 Å². The Morgan fingerprint density at radius 1 is 1.25 bits per heavy atom. The third-order valence-corrected chi connectivity index (χ3v) is 2.91. The summed E-state index contributed by atoms with van der Waals surface area (Å²) in [7, 11) is 0. The average Bonchev–Trinajstić information content (AvgIpc) is 2.06. The fourth-order valence-corrected chi connectivity index (χ4v) is 1.97. The van der Waals surface area contributed by atoms with Crippen molar-refractivity contribution in [2.45, 2.75) is 45.6 Å². The molecule has 1 saturated carbocycles. The molecule has 0 aromatic heterocycles. The zero-order valence-corrected chi connectivity index (χ0v) is 7.95. The van der Waals surface area contributed by atoms with E-state index in [1.54, 1.807) is 0 Å². The van der Waals surface area contributed by atoms with E-state index in [1.165, 1.54) is 12.8 Å². The molecule has 1 fully saturated rings. The molecule has 12 heavy (non-hydrogen) atoms. The van der Waals surface area contributed by atoms with Crippen molar-refractivity contribution in [2.75, 3.05) is 0 Å². The molecule has 0 heterocycles. The Labute approximate surface area is 74.3 Å².